The summed E-state index contributed by atoms with van der Waals surface area (Å²) < 4.78 is 25.9. The second kappa shape index (κ2) is 6.71. The standard InChI is InChI=1S/C16H20F2N2/c1-4-13-5-7-14(8-6-13)11-16(12-19,20-3)10-9-15(2,17)18/h1,13-14H,5-11H2,2H3. The van der Waals surface area contributed by atoms with Crippen molar-refractivity contribution in [3.8, 4) is 18.4 Å². The van der Waals surface area contributed by atoms with E-state index in [1.54, 1.807) is 0 Å². The van der Waals surface area contributed by atoms with E-state index in [2.05, 4.69) is 10.8 Å². The van der Waals surface area contributed by atoms with Gasteiger partial charge in [0.25, 0.3) is 0 Å². The van der Waals surface area contributed by atoms with Crippen molar-refractivity contribution in [2.45, 2.75) is 63.3 Å². The number of rotatable bonds is 5. The minimum Gasteiger partial charge on any atom is -0.294 e. The number of halogens is 2. The molecular formula is C16H20F2N2. The van der Waals surface area contributed by atoms with Crippen LogP contribution in [0.4, 0.5) is 8.78 Å². The Bertz CT molecular complexity index is 423. The first-order valence-corrected chi connectivity index (χ1v) is 6.98. The van der Waals surface area contributed by atoms with Gasteiger partial charge in [-0.2, -0.15) is 5.26 Å². The van der Waals surface area contributed by atoms with E-state index in [4.69, 9.17) is 13.0 Å². The van der Waals surface area contributed by atoms with Crippen LogP contribution in [0.15, 0.2) is 0 Å². The van der Waals surface area contributed by atoms with Crippen molar-refractivity contribution in [2.75, 3.05) is 0 Å². The van der Waals surface area contributed by atoms with E-state index in [9.17, 15) is 14.0 Å². The Morgan fingerprint density at radius 2 is 1.90 bits per heavy atom. The largest absolute Gasteiger partial charge is 0.316 e. The van der Waals surface area contributed by atoms with E-state index in [1.165, 1.54) is 0 Å². The highest BCUT2D eigenvalue weighted by atomic mass is 19.3. The molecule has 20 heavy (non-hydrogen) atoms. The lowest BCUT2D eigenvalue weighted by Crippen LogP contribution is -2.30. The van der Waals surface area contributed by atoms with Crippen LogP contribution in [0.5, 0.6) is 0 Å². The molecule has 1 atom stereocenters. The molecule has 108 valence electrons. The van der Waals surface area contributed by atoms with Crippen molar-refractivity contribution in [3.63, 3.8) is 0 Å². The molecule has 0 heterocycles. The quantitative estimate of drug-likeness (QED) is 0.540. The Hall–Kier alpha value is -1.60. The average molecular weight is 278 g/mol. The molecule has 0 spiro atoms. The van der Waals surface area contributed by atoms with Crippen LogP contribution in [0.3, 0.4) is 0 Å². The average Bonchev–Trinajstić information content (AvgIpc) is 2.43. The van der Waals surface area contributed by atoms with Crippen LogP contribution in [0, 0.1) is 42.1 Å². The van der Waals surface area contributed by atoms with E-state index in [0.717, 1.165) is 32.6 Å². The Balaban J connectivity index is 2.62. The summed E-state index contributed by atoms with van der Waals surface area (Å²) in [6.07, 6.45) is 8.89. The first-order valence-electron chi connectivity index (χ1n) is 6.98. The van der Waals surface area contributed by atoms with Crippen molar-refractivity contribution in [3.05, 3.63) is 11.4 Å². The van der Waals surface area contributed by atoms with Gasteiger partial charge in [-0.25, -0.2) is 15.4 Å². The van der Waals surface area contributed by atoms with E-state index < -0.39 is 17.9 Å². The summed E-state index contributed by atoms with van der Waals surface area (Å²) in [5.74, 6) is 0.447. The second-order valence-corrected chi connectivity index (χ2v) is 5.91. The number of nitrogens with zero attached hydrogens (tertiary/aromatic N) is 2. The van der Waals surface area contributed by atoms with Gasteiger partial charge >= 0.3 is 5.54 Å². The minimum atomic E-state index is -2.83. The summed E-state index contributed by atoms with van der Waals surface area (Å²) in [7, 11) is 0. The zero-order valence-electron chi connectivity index (χ0n) is 11.8. The topological polar surface area (TPSA) is 28.1 Å². The summed E-state index contributed by atoms with van der Waals surface area (Å²) >= 11 is 0. The number of hydrogen-bond donors (Lipinski definition) is 0. The molecule has 0 saturated heterocycles. The highest BCUT2D eigenvalue weighted by molar-refractivity contribution is 5.16. The molecule has 1 aliphatic carbocycles. The summed E-state index contributed by atoms with van der Waals surface area (Å²) in [6.45, 7) is 8.07. The van der Waals surface area contributed by atoms with Gasteiger partial charge in [0, 0.05) is 25.2 Å². The van der Waals surface area contributed by atoms with E-state index >= 15 is 0 Å². The van der Waals surface area contributed by atoms with Gasteiger partial charge in [-0.15, -0.1) is 12.3 Å². The van der Waals surface area contributed by atoms with Crippen LogP contribution in [-0.2, 0) is 0 Å². The summed E-state index contributed by atoms with van der Waals surface area (Å²) in [5, 5.41) is 9.26. The fourth-order valence-corrected chi connectivity index (χ4v) is 2.77. The highest BCUT2D eigenvalue weighted by Gasteiger charge is 2.42. The molecule has 0 radical (unpaired) electrons. The van der Waals surface area contributed by atoms with Crippen LogP contribution in [-0.4, -0.2) is 11.5 Å². The molecule has 1 fully saturated rings. The van der Waals surface area contributed by atoms with Crippen molar-refractivity contribution in [1.29, 1.82) is 5.26 Å². The second-order valence-electron chi connectivity index (χ2n) is 5.91. The third kappa shape index (κ3) is 4.82. The van der Waals surface area contributed by atoms with Gasteiger partial charge in [0.15, 0.2) is 6.07 Å². The lowest BCUT2D eigenvalue weighted by Gasteiger charge is -2.28. The molecule has 0 N–H and O–H groups in total. The predicted molar refractivity (Wildman–Crippen MR) is 73.7 cm³/mol. The third-order valence-corrected chi connectivity index (χ3v) is 4.11. The van der Waals surface area contributed by atoms with Gasteiger partial charge < -0.3 is 0 Å². The lowest BCUT2D eigenvalue weighted by molar-refractivity contribution is 0.00737. The van der Waals surface area contributed by atoms with E-state index in [1.807, 2.05) is 6.07 Å². The molecule has 0 aromatic carbocycles. The molecule has 1 aliphatic rings. The molecule has 2 nitrogen and oxygen atoms in total. The number of hydrogen-bond acceptors (Lipinski definition) is 1. The fraction of sp³-hybridized carbons (Fsp3) is 0.750. The number of nitriles is 1. The monoisotopic (exact) mass is 278 g/mol. The van der Waals surface area contributed by atoms with Crippen LogP contribution in [0.2, 0.25) is 0 Å². The Kier molecular flexibility index (Phi) is 5.52. The highest BCUT2D eigenvalue weighted by Crippen LogP contribution is 2.37. The Morgan fingerprint density at radius 1 is 1.30 bits per heavy atom. The summed E-state index contributed by atoms with van der Waals surface area (Å²) in [6, 6.07) is 1.98. The summed E-state index contributed by atoms with van der Waals surface area (Å²) in [4.78, 5) is 3.39. The first-order chi connectivity index (χ1) is 9.34. The SMILES string of the molecule is [C-]#[N+]C(C#N)(CCC(C)(F)F)CC1CCC(C#C)CC1. The van der Waals surface area contributed by atoms with E-state index in [-0.39, 0.29) is 18.3 Å². The van der Waals surface area contributed by atoms with Crippen molar-refractivity contribution in [1.82, 2.24) is 0 Å². The van der Waals surface area contributed by atoms with Gasteiger partial charge in [0.05, 0.1) is 0 Å². The fourth-order valence-electron chi connectivity index (χ4n) is 2.77. The molecule has 0 aromatic rings. The zero-order valence-corrected chi connectivity index (χ0v) is 11.8. The molecule has 0 amide bonds. The molecule has 1 rings (SSSR count). The number of terminal acetylenes is 1. The lowest BCUT2D eigenvalue weighted by atomic mass is 9.75. The molecule has 1 saturated carbocycles. The molecule has 1 unspecified atom stereocenters. The third-order valence-electron chi connectivity index (χ3n) is 4.11. The van der Waals surface area contributed by atoms with Crippen molar-refractivity contribution in [2.24, 2.45) is 11.8 Å². The maximum atomic E-state index is 13.0. The van der Waals surface area contributed by atoms with Crippen LogP contribution in [0.25, 0.3) is 4.85 Å². The van der Waals surface area contributed by atoms with Gasteiger partial charge in [-0.05, 0) is 38.5 Å². The van der Waals surface area contributed by atoms with Gasteiger partial charge in [-0.1, -0.05) is 0 Å². The Labute approximate surface area is 120 Å². The molecule has 0 aliphatic heterocycles. The maximum Gasteiger partial charge on any atom is 0.316 e. The number of alkyl halides is 2. The van der Waals surface area contributed by atoms with Crippen molar-refractivity contribution < 1.29 is 8.78 Å². The Morgan fingerprint density at radius 3 is 2.30 bits per heavy atom. The smallest absolute Gasteiger partial charge is 0.294 e. The molecular weight excluding hydrogens is 258 g/mol. The van der Waals surface area contributed by atoms with Crippen LogP contribution in [0.1, 0.15) is 51.9 Å². The van der Waals surface area contributed by atoms with Gasteiger partial charge in [0.1, 0.15) is 0 Å². The molecule has 0 aromatic heterocycles. The van der Waals surface area contributed by atoms with Crippen LogP contribution < -0.4 is 0 Å². The first kappa shape index (κ1) is 16.5. The zero-order chi connectivity index (χ0) is 15.2. The molecule has 4 heteroatoms. The van der Waals surface area contributed by atoms with Crippen LogP contribution >= 0.6 is 0 Å². The maximum absolute atomic E-state index is 13.0. The minimum absolute atomic E-state index is 0.0639. The predicted octanol–water partition coefficient (Wildman–Crippen LogP) is 4.43. The summed E-state index contributed by atoms with van der Waals surface area (Å²) in [5.41, 5.74) is -1.30. The normalized spacial score (nSPS) is 25.8. The van der Waals surface area contributed by atoms with Gasteiger partial charge in [-0.3, -0.25) is 4.85 Å². The van der Waals surface area contributed by atoms with Crippen molar-refractivity contribution >= 4 is 0 Å². The van der Waals surface area contributed by atoms with Gasteiger partial charge in [0.2, 0.25) is 5.92 Å². The molecule has 0 bridgehead atoms. The van der Waals surface area contributed by atoms with E-state index in [0.29, 0.717) is 6.42 Å².